The van der Waals surface area contributed by atoms with E-state index in [1.807, 2.05) is 25.5 Å². The van der Waals surface area contributed by atoms with Crippen LogP contribution in [0.15, 0.2) is 23.1 Å². The van der Waals surface area contributed by atoms with Gasteiger partial charge in [-0.05, 0) is 39.0 Å². The van der Waals surface area contributed by atoms with Gasteiger partial charge in [0.25, 0.3) is 0 Å². The lowest BCUT2D eigenvalue weighted by atomic mass is 10.2. The molecular formula is C20H30N4O5S. The van der Waals surface area contributed by atoms with Gasteiger partial charge in [-0.2, -0.15) is 0 Å². The number of hydrogen-bond donors (Lipinski definition) is 0. The number of benzene rings is 1. The first-order chi connectivity index (χ1) is 14.0. The minimum Gasteiger partial charge on any atom is -0.465 e. The molecule has 1 aromatic carbocycles. The van der Waals surface area contributed by atoms with Gasteiger partial charge in [-0.3, -0.25) is 9.59 Å². The van der Waals surface area contributed by atoms with Crippen molar-refractivity contribution in [1.82, 2.24) is 18.8 Å². The Morgan fingerprint density at radius 2 is 1.90 bits per heavy atom. The van der Waals surface area contributed by atoms with E-state index in [9.17, 15) is 18.0 Å². The SMILES string of the molecule is CCOC(=O)CN(C(=O)CCc1nc2cc(S(=O)(=O)N(C)C)ccc2n1C)C(C)C. The van der Waals surface area contributed by atoms with Crippen LogP contribution in [0.2, 0.25) is 0 Å². The highest BCUT2D eigenvalue weighted by Crippen LogP contribution is 2.22. The van der Waals surface area contributed by atoms with Crippen LogP contribution in [0, 0.1) is 0 Å². The summed E-state index contributed by atoms with van der Waals surface area (Å²) in [5.74, 6) is 0.0653. The lowest BCUT2D eigenvalue weighted by Gasteiger charge is -2.25. The maximum absolute atomic E-state index is 12.7. The van der Waals surface area contributed by atoms with E-state index in [4.69, 9.17) is 4.74 Å². The molecule has 0 aliphatic carbocycles. The normalized spacial score (nSPS) is 12.0. The van der Waals surface area contributed by atoms with Gasteiger partial charge in [0.1, 0.15) is 12.4 Å². The number of esters is 1. The summed E-state index contributed by atoms with van der Waals surface area (Å²) < 4.78 is 32.7. The van der Waals surface area contributed by atoms with E-state index in [0.717, 1.165) is 9.82 Å². The predicted octanol–water partition coefficient (Wildman–Crippen LogP) is 1.56. The molecule has 0 aliphatic rings. The highest BCUT2D eigenvalue weighted by Gasteiger charge is 2.22. The van der Waals surface area contributed by atoms with E-state index in [2.05, 4.69) is 4.98 Å². The van der Waals surface area contributed by atoms with Crippen LogP contribution >= 0.6 is 0 Å². The summed E-state index contributed by atoms with van der Waals surface area (Å²) in [7, 11) is 1.23. The summed E-state index contributed by atoms with van der Waals surface area (Å²) in [4.78, 5) is 30.7. The Morgan fingerprint density at radius 1 is 1.23 bits per heavy atom. The minimum atomic E-state index is -3.56. The molecule has 0 spiro atoms. The van der Waals surface area contributed by atoms with Crippen LogP contribution in [-0.2, 0) is 37.8 Å². The third-order valence-electron chi connectivity index (χ3n) is 4.83. The Morgan fingerprint density at radius 3 is 2.47 bits per heavy atom. The molecule has 1 amide bonds. The first kappa shape index (κ1) is 23.8. The van der Waals surface area contributed by atoms with Gasteiger partial charge < -0.3 is 14.2 Å². The molecule has 0 fully saturated rings. The molecule has 1 heterocycles. The zero-order chi connectivity index (χ0) is 22.6. The van der Waals surface area contributed by atoms with Crippen molar-refractivity contribution < 1.29 is 22.7 Å². The number of aromatic nitrogens is 2. The van der Waals surface area contributed by atoms with Crippen molar-refractivity contribution in [1.29, 1.82) is 0 Å². The van der Waals surface area contributed by atoms with Gasteiger partial charge in [0.15, 0.2) is 0 Å². The number of hydrogen-bond acceptors (Lipinski definition) is 6. The van der Waals surface area contributed by atoms with Crippen LogP contribution in [0.3, 0.4) is 0 Å². The highest BCUT2D eigenvalue weighted by molar-refractivity contribution is 7.89. The number of sulfonamides is 1. The molecule has 0 saturated heterocycles. The standard InChI is InChI=1S/C20H30N4O5S/c1-7-29-20(26)13-24(14(2)3)19(25)11-10-18-21-16-12-15(30(27,28)22(4)5)8-9-17(16)23(18)6/h8-9,12,14H,7,10-11,13H2,1-6H3. The summed E-state index contributed by atoms with van der Waals surface area (Å²) in [6.07, 6.45) is 0.545. The van der Waals surface area contributed by atoms with E-state index < -0.39 is 16.0 Å². The number of rotatable bonds is 9. The third-order valence-corrected chi connectivity index (χ3v) is 6.65. The molecule has 0 unspecified atom stereocenters. The molecule has 30 heavy (non-hydrogen) atoms. The number of carbonyl (C=O) groups excluding carboxylic acids is 2. The van der Waals surface area contributed by atoms with E-state index >= 15 is 0 Å². The van der Waals surface area contributed by atoms with Crippen molar-refractivity contribution in [3.8, 4) is 0 Å². The number of nitrogens with zero attached hydrogens (tertiary/aromatic N) is 4. The molecule has 0 aliphatic heterocycles. The Labute approximate surface area is 177 Å². The van der Waals surface area contributed by atoms with Crippen LogP contribution in [0.4, 0.5) is 0 Å². The van der Waals surface area contributed by atoms with Crippen molar-refractivity contribution in [2.45, 2.75) is 44.6 Å². The maximum Gasteiger partial charge on any atom is 0.325 e. The Hall–Kier alpha value is -2.46. The zero-order valence-electron chi connectivity index (χ0n) is 18.4. The molecule has 1 aromatic heterocycles. The molecule has 0 saturated carbocycles. The second kappa shape index (κ2) is 9.57. The maximum atomic E-state index is 12.7. The van der Waals surface area contributed by atoms with Gasteiger partial charge in [0, 0.05) is 40.0 Å². The molecule has 9 nitrogen and oxygen atoms in total. The summed E-state index contributed by atoms with van der Waals surface area (Å²) in [6.45, 7) is 5.60. The topological polar surface area (TPSA) is 102 Å². The average Bonchev–Trinajstić information content (AvgIpc) is 2.99. The van der Waals surface area contributed by atoms with E-state index in [0.29, 0.717) is 17.8 Å². The van der Waals surface area contributed by atoms with Crippen molar-refractivity contribution in [2.24, 2.45) is 7.05 Å². The summed E-state index contributed by atoms with van der Waals surface area (Å²) in [5, 5.41) is 0. The van der Waals surface area contributed by atoms with E-state index in [1.54, 1.807) is 19.1 Å². The van der Waals surface area contributed by atoms with Gasteiger partial charge >= 0.3 is 5.97 Å². The molecule has 0 atom stereocenters. The van der Waals surface area contributed by atoms with Gasteiger partial charge in [-0.25, -0.2) is 17.7 Å². The first-order valence-electron chi connectivity index (χ1n) is 9.82. The molecule has 166 valence electrons. The lowest BCUT2D eigenvalue weighted by molar-refractivity contribution is -0.150. The molecule has 2 aromatic rings. The van der Waals surface area contributed by atoms with Gasteiger partial charge in [-0.1, -0.05) is 0 Å². The number of carbonyl (C=O) groups is 2. The zero-order valence-corrected chi connectivity index (χ0v) is 19.2. The summed E-state index contributed by atoms with van der Waals surface area (Å²) in [5.41, 5.74) is 1.33. The van der Waals surface area contributed by atoms with Crippen LogP contribution in [0.5, 0.6) is 0 Å². The molecule has 2 rings (SSSR count). The second-order valence-corrected chi connectivity index (χ2v) is 9.60. The largest absolute Gasteiger partial charge is 0.465 e. The quantitative estimate of drug-likeness (QED) is 0.551. The van der Waals surface area contributed by atoms with Crippen LogP contribution in [0.1, 0.15) is 33.0 Å². The molecule has 0 bridgehead atoms. The predicted molar refractivity (Wildman–Crippen MR) is 113 cm³/mol. The average molecular weight is 439 g/mol. The second-order valence-electron chi connectivity index (χ2n) is 7.45. The van der Waals surface area contributed by atoms with Crippen molar-refractivity contribution in [3.05, 3.63) is 24.0 Å². The summed E-state index contributed by atoms with van der Waals surface area (Å²) in [6, 6.07) is 4.66. The minimum absolute atomic E-state index is 0.0847. The fraction of sp³-hybridized carbons (Fsp3) is 0.550. The van der Waals surface area contributed by atoms with E-state index in [-0.39, 0.29) is 36.4 Å². The fourth-order valence-electron chi connectivity index (χ4n) is 3.09. The smallest absolute Gasteiger partial charge is 0.325 e. The highest BCUT2D eigenvalue weighted by atomic mass is 32.2. The molecule has 0 N–H and O–H groups in total. The van der Waals surface area contributed by atoms with Crippen LogP contribution in [-0.4, -0.2) is 72.3 Å². The third kappa shape index (κ3) is 5.17. The van der Waals surface area contributed by atoms with Crippen molar-refractivity contribution in [2.75, 3.05) is 27.2 Å². The van der Waals surface area contributed by atoms with Gasteiger partial charge in [0.05, 0.1) is 22.5 Å². The Bertz CT molecular complexity index is 1030. The molecule has 0 radical (unpaired) electrons. The number of imidazole rings is 1. The van der Waals surface area contributed by atoms with Crippen LogP contribution in [0.25, 0.3) is 11.0 Å². The fourth-order valence-corrected chi connectivity index (χ4v) is 4.01. The Balaban J connectivity index is 2.20. The van der Waals surface area contributed by atoms with Gasteiger partial charge in [0.2, 0.25) is 15.9 Å². The van der Waals surface area contributed by atoms with Crippen molar-refractivity contribution >= 4 is 32.9 Å². The Kier molecular flexibility index (Phi) is 7.59. The first-order valence-corrected chi connectivity index (χ1v) is 11.3. The van der Waals surface area contributed by atoms with Gasteiger partial charge in [-0.15, -0.1) is 0 Å². The number of amides is 1. The van der Waals surface area contributed by atoms with Crippen LogP contribution < -0.4 is 0 Å². The van der Waals surface area contributed by atoms with E-state index in [1.165, 1.54) is 25.1 Å². The number of ether oxygens (including phenoxy) is 1. The lowest BCUT2D eigenvalue weighted by Crippen LogP contribution is -2.41. The van der Waals surface area contributed by atoms with Crippen molar-refractivity contribution in [3.63, 3.8) is 0 Å². The summed E-state index contributed by atoms with van der Waals surface area (Å²) >= 11 is 0. The number of fused-ring (bicyclic) bond motifs is 1. The number of aryl methyl sites for hydroxylation is 2. The molecular weight excluding hydrogens is 408 g/mol. The molecule has 10 heteroatoms. The monoisotopic (exact) mass is 438 g/mol.